The third kappa shape index (κ3) is 2.15. The molecule has 0 bridgehead atoms. The van der Waals surface area contributed by atoms with Crippen molar-refractivity contribution < 1.29 is 18.6 Å². The molecule has 0 amide bonds. The normalized spacial score (nSPS) is 19.3. The minimum Gasteiger partial charge on any atom is -0.340 e. The van der Waals surface area contributed by atoms with Gasteiger partial charge in [0.15, 0.2) is 11.5 Å². The smallest absolute Gasteiger partial charge is 0.340 e. The Hall–Kier alpha value is -3.96. The molecule has 156 valence electrons. The highest BCUT2D eigenvalue weighted by Gasteiger charge is 2.70. The number of para-hydroxylation sites is 4. The summed E-state index contributed by atoms with van der Waals surface area (Å²) >= 11 is 1.77. The summed E-state index contributed by atoms with van der Waals surface area (Å²) in [5, 5.41) is 1.13. The van der Waals surface area contributed by atoms with Gasteiger partial charge >= 0.3 is 6.03 Å². The van der Waals surface area contributed by atoms with Gasteiger partial charge in [0, 0.05) is 17.7 Å². The molecule has 4 nitrogen and oxygen atoms in total. The summed E-state index contributed by atoms with van der Waals surface area (Å²) in [4.78, 5) is 0. The predicted molar refractivity (Wildman–Crippen MR) is 127 cm³/mol. The number of thiazole rings is 1. The lowest BCUT2D eigenvalue weighted by atomic mass is 10.0. The summed E-state index contributed by atoms with van der Waals surface area (Å²) in [6.45, 7) is 0. The van der Waals surface area contributed by atoms with Crippen molar-refractivity contribution in [3.8, 4) is 22.1 Å². The second-order valence-electron chi connectivity index (χ2n) is 8.54. The van der Waals surface area contributed by atoms with Crippen LogP contribution in [0.15, 0.2) is 97.1 Å². The molecule has 1 atom stereocenters. The van der Waals surface area contributed by atoms with Crippen LogP contribution in [0.2, 0.25) is 0 Å². The highest BCUT2D eigenvalue weighted by atomic mass is 32.1. The fraction of sp³-hybridized carbons (Fsp3) is 0.0714. The van der Waals surface area contributed by atoms with Crippen LogP contribution in [0.3, 0.4) is 0 Å². The lowest BCUT2D eigenvalue weighted by Gasteiger charge is -2.30. The summed E-state index contributed by atoms with van der Waals surface area (Å²) in [7, 11) is 0. The van der Waals surface area contributed by atoms with Crippen LogP contribution in [0.1, 0.15) is 11.1 Å². The Kier molecular flexibility index (Phi) is 3.24. The van der Waals surface area contributed by atoms with E-state index in [4.69, 9.17) is 9.47 Å². The van der Waals surface area contributed by atoms with Crippen LogP contribution in [-0.4, -0.2) is 10.3 Å². The SMILES string of the molecule is c1ccc2c(c1)CC1=[N+]2C2(Oc3ccccc31)Oc1ccccc1-c1sc3ccccc3[n+]12. The highest BCUT2D eigenvalue weighted by Crippen LogP contribution is 2.48. The van der Waals surface area contributed by atoms with E-state index < -0.39 is 6.03 Å². The maximum Gasteiger partial charge on any atom is 0.716 e. The molecule has 0 radical (unpaired) electrons. The second kappa shape index (κ2) is 6.09. The second-order valence-corrected chi connectivity index (χ2v) is 9.57. The van der Waals surface area contributed by atoms with E-state index in [1.54, 1.807) is 11.3 Å². The molecule has 1 spiro atoms. The van der Waals surface area contributed by atoms with E-state index in [0.29, 0.717) is 0 Å². The number of ether oxygens (including phenoxy) is 2. The quantitative estimate of drug-likeness (QED) is 0.290. The maximum atomic E-state index is 6.93. The first-order valence-corrected chi connectivity index (χ1v) is 11.9. The molecule has 33 heavy (non-hydrogen) atoms. The molecule has 0 aliphatic carbocycles. The molecule has 5 heteroatoms. The van der Waals surface area contributed by atoms with Gasteiger partial charge < -0.3 is 9.47 Å². The van der Waals surface area contributed by atoms with E-state index in [1.165, 1.54) is 16.0 Å². The number of nitrogens with zero attached hydrogens (tertiary/aromatic N) is 2. The van der Waals surface area contributed by atoms with Gasteiger partial charge in [0.05, 0.1) is 12.0 Å². The highest BCUT2D eigenvalue weighted by molar-refractivity contribution is 7.21. The van der Waals surface area contributed by atoms with Crippen molar-refractivity contribution in [2.24, 2.45) is 0 Å². The molecule has 1 unspecified atom stereocenters. The third-order valence-electron chi connectivity index (χ3n) is 6.74. The summed E-state index contributed by atoms with van der Waals surface area (Å²) in [5.41, 5.74) is 6.89. The minimum absolute atomic E-state index is 0.826. The number of hydrogen-bond donors (Lipinski definition) is 0. The van der Waals surface area contributed by atoms with Crippen molar-refractivity contribution in [2.75, 3.05) is 0 Å². The van der Waals surface area contributed by atoms with Crippen LogP contribution in [0.4, 0.5) is 5.69 Å². The number of rotatable bonds is 0. The molecule has 0 saturated carbocycles. The van der Waals surface area contributed by atoms with Gasteiger partial charge in [-0.25, -0.2) is 0 Å². The van der Waals surface area contributed by atoms with Gasteiger partial charge in [0.2, 0.25) is 16.9 Å². The number of benzene rings is 4. The Bertz CT molecular complexity index is 1670. The van der Waals surface area contributed by atoms with Gasteiger partial charge in [-0.3, -0.25) is 0 Å². The monoisotopic (exact) mass is 446 g/mol. The maximum absolute atomic E-state index is 6.93. The molecule has 8 rings (SSSR count). The minimum atomic E-state index is -1.19. The lowest BCUT2D eigenvalue weighted by molar-refractivity contribution is -0.974. The third-order valence-corrected chi connectivity index (χ3v) is 7.90. The van der Waals surface area contributed by atoms with Crippen molar-refractivity contribution in [3.05, 3.63) is 108 Å². The Morgan fingerprint density at radius 2 is 1.36 bits per heavy atom. The average molecular weight is 447 g/mol. The Labute approximate surface area is 194 Å². The zero-order valence-corrected chi connectivity index (χ0v) is 18.4. The molecule has 4 heterocycles. The van der Waals surface area contributed by atoms with Gasteiger partial charge in [-0.2, -0.15) is 0 Å². The molecule has 0 saturated heterocycles. The molecule has 1 aromatic heterocycles. The van der Waals surface area contributed by atoms with Crippen molar-refractivity contribution in [3.63, 3.8) is 0 Å². The average Bonchev–Trinajstić information content (AvgIpc) is 3.45. The molecular weight excluding hydrogens is 428 g/mol. The van der Waals surface area contributed by atoms with E-state index in [0.717, 1.165) is 45.3 Å². The van der Waals surface area contributed by atoms with Gasteiger partial charge in [-0.05, 0) is 39.5 Å². The van der Waals surface area contributed by atoms with Crippen LogP contribution < -0.4 is 14.0 Å². The van der Waals surface area contributed by atoms with Crippen LogP contribution >= 0.6 is 11.3 Å². The van der Waals surface area contributed by atoms with Gasteiger partial charge in [0.1, 0.15) is 10.3 Å². The summed E-state index contributed by atoms with van der Waals surface area (Å²) in [5.74, 6) is 1.66. The van der Waals surface area contributed by atoms with Crippen molar-refractivity contribution >= 4 is 33.0 Å². The summed E-state index contributed by atoms with van der Waals surface area (Å²) in [6.07, 6.45) is 0.835. The van der Waals surface area contributed by atoms with E-state index in [-0.39, 0.29) is 0 Å². The summed E-state index contributed by atoms with van der Waals surface area (Å²) < 4.78 is 19.6. The van der Waals surface area contributed by atoms with Crippen molar-refractivity contribution in [1.29, 1.82) is 0 Å². The van der Waals surface area contributed by atoms with Crippen LogP contribution in [0.5, 0.6) is 11.5 Å². The fourth-order valence-corrected chi connectivity index (χ4v) is 6.58. The van der Waals surface area contributed by atoms with E-state index in [2.05, 4.69) is 81.9 Å². The first kappa shape index (κ1) is 17.6. The lowest BCUT2D eigenvalue weighted by Crippen LogP contribution is -2.72. The first-order chi connectivity index (χ1) is 16.3. The molecule has 0 N–H and O–H groups in total. The first-order valence-electron chi connectivity index (χ1n) is 11.1. The van der Waals surface area contributed by atoms with Crippen molar-refractivity contribution in [1.82, 2.24) is 0 Å². The Morgan fingerprint density at radius 1 is 0.697 bits per heavy atom. The van der Waals surface area contributed by atoms with E-state index in [9.17, 15) is 0 Å². The standard InChI is InChI=1S/C28H18N2O2S/c1-4-12-21-18(9-1)17-23-19-10-2-6-14-24(19)31-28(29(21)23)30-22-13-5-8-16-26(22)33-27(30)20-11-3-7-15-25(20)32-28/h1-16H,17H2/q+2. The molecule has 5 aromatic rings. The molecule has 4 aromatic carbocycles. The molecule has 0 fully saturated rings. The molecule has 3 aliphatic heterocycles. The molecular formula is C28H18N2O2S+2. The topological polar surface area (TPSA) is 25.3 Å². The van der Waals surface area contributed by atoms with Crippen LogP contribution in [-0.2, 0) is 12.5 Å². The zero-order valence-electron chi connectivity index (χ0n) is 17.6. The number of aromatic nitrogens is 1. The summed E-state index contributed by atoms with van der Waals surface area (Å²) in [6, 6.07) is 32.4. The number of fused-ring (bicyclic) bond motifs is 11. The fourth-order valence-electron chi connectivity index (χ4n) is 5.38. The Morgan fingerprint density at radius 3 is 2.24 bits per heavy atom. The Balaban J connectivity index is 1.55. The predicted octanol–water partition coefficient (Wildman–Crippen LogP) is 5.60. The van der Waals surface area contributed by atoms with Crippen LogP contribution in [0.25, 0.3) is 20.8 Å². The molecule has 3 aliphatic rings. The zero-order chi connectivity index (χ0) is 21.6. The largest absolute Gasteiger partial charge is 0.716 e. The van der Waals surface area contributed by atoms with Gasteiger partial charge in [0.25, 0.3) is 5.01 Å². The van der Waals surface area contributed by atoms with Crippen molar-refractivity contribution in [2.45, 2.75) is 12.5 Å². The number of hydrogen-bond acceptors (Lipinski definition) is 3. The van der Waals surface area contributed by atoms with Gasteiger partial charge in [-0.15, -0.1) is 0 Å². The van der Waals surface area contributed by atoms with E-state index in [1.807, 2.05) is 24.3 Å². The van der Waals surface area contributed by atoms with Gasteiger partial charge in [-0.1, -0.05) is 65.9 Å². The van der Waals surface area contributed by atoms with Crippen LogP contribution in [0, 0.1) is 0 Å². The van der Waals surface area contributed by atoms with E-state index >= 15 is 0 Å².